The van der Waals surface area contributed by atoms with Crippen LogP contribution in [0.15, 0.2) is 71.8 Å². The van der Waals surface area contributed by atoms with Crippen molar-refractivity contribution >= 4 is 23.3 Å². The van der Waals surface area contributed by atoms with E-state index < -0.39 is 17.8 Å². The number of β-amino-alcohol motifs (C(OH)–C–C–N with tert-alkyl or cyclic N) is 1. The van der Waals surface area contributed by atoms with Gasteiger partial charge in [-0.15, -0.1) is 12.4 Å². The van der Waals surface area contributed by atoms with Gasteiger partial charge in [-0.05, 0) is 73.5 Å². The summed E-state index contributed by atoms with van der Waals surface area (Å²) in [5.41, 5.74) is 1.57. The van der Waals surface area contributed by atoms with E-state index in [-0.39, 0.29) is 18.0 Å². The number of fused-ring (bicyclic) bond motifs is 1. The third kappa shape index (κ3) is 5.48. The topological polar surface area (TPSA) is 63.3 Å². The van der Waals surface area contributed by atoms with Gasteiger partial charge < -0.3 is 10.0 Å². The van der Waals surface area contributed by atoms with Crippen molar-refractivity contribution in [3.05, 3.63) is 82.9 Å². The molecule has 2 aromatic heterocycles. The second-order valence-corrected chi connectivity index (χ2v) is 8.93. The van der Waals surface area contributed by atoms with Gasteiger partial charge in [0.05, 0.1) is 29.9 Å². The number of halogens is 4. The molecule has 5 rings (SSSR count). The predicted octanol–water partition coefficient (Wildman–Crippen LogP) is 4.75. The molecule has 36 heavy (non-hydrogen) atoms. The first-order valence-corrected chi connectivity index (χ1v) is 11.5. The van der Waals surface area contributed by atoms with Gasteiger partial charge >= 0.3 is 6.18 Å². The molecule has 6 nitrogen and oxygen atoms in total. The summed E-state index contributed by atoms with van der Waals surface area (Å²) < 4.78 is 41.7. The Morgan fingerprint density at radius 3 is 2.33 bits per heavy atom. The Balaban J connectivity index is 0.00000304. The van der Waals surface area contributed by atoms with Crippen molar-refractivity contribution in [1.29, 1.82) is 0 Å². The molecule has 0 amide bonds. The second-order valence-electron chi connectivity index (χ2n) is 8.93. The zero-order chi connectivity index (χ0) is 24.6. The van der Waals surface area contributed by atoms with E-state index in [2.05, 4.69) is 10.00 Å². The average Bonchev–Trinajstić information content (AvgIpc) is 3.48. The number of benzene rings is 2. The third-order valence-corrected chi connectivity index (χ3v) is 6.42. The van der Waals surface area contributed by atoms with Gasteiger partial charge in [-0.3, -0.25) is 14.0 Å². The molecule has 0 unspecified atom stereocenters. The molecule has 0 saturated carbocycles. The van der Waals surface area contributed by atoms with Crippen LogP contribution >= 0.6 is 12.4 Å². The highest BCUT2D eigenvalue weighted by Crippen LogP contribution is 2.30. The Labute approximate surface area is 212 Å². The minimum Gasteiger partial charge on any atom is -0.390 e. The number of alkyl halides is 3. The number of nitrogens with zero attached hydrogens (tertiary/aromatic N) is 4. The SMILES string of the molecule is Cl.O=c1cc(-c2ccc(C(F)(F)F)cc2)ccn1-c1ccc2c(cnn2C[C@H](O)CN2CCCC2)c1. The van der Waals surface area contributed by atoms with Gasteiger partial charge in [-0.1, -0.05) is 12.1 Å². The van der Waals surface area contributed by atoms with Crippen LogP contribution in [0.5, 0.6) is 0 Å². The van der Waals surface area contributed by atoms with E-state index in [1.54, 1.807) is 23.1 Å². The second kappa shape index (κ2) is 10.5. The van der Waals surface area contributed by atoms with E-state index in [9.17, 15) is 23.1 Å². The number of rotatable bonds is 6. The normalized spacial score (nSPS) is 15.2. The number of hydrogen-bond donors (Lipinski definition) is 1. The minimum absolute atomic E-state index is 0. The van der Waals surface area contributed by atoms with E-state index in [1.165, 1.54) is 35.6 Å². The largest absolute Gasteiger partial charge is 0.416 e. The fourth-order valence-corrected chi connectivity index (χ4v) is 4.61. The summed E-state index contributed by atoms with van der Waals surface area (Å²) in [4.78, 5) is 15.1. The maximum Gasteiger partial charge on any atom is 0.416 e. The van der Waals surface area contributed by atoms with Crippen molar-refractivity contribution in [2.24, 2.45) is 0 Å². The molecule has 0 bridgehead atoms. The van der Waals surface area contributed by atoms with E-state index >= 15 is 0 Å². The molecule has 1 aliphatic rings. The van der Waals surface area contributed by atoms with Crippen molar-refractivity contribution in [3.63, 3.8) is 0 Å². The molecule has 0 spiro atoms. The van der Waals surface area contributed by atoms with E-state index in [0.29, 0.717) is 29.9 Å². The maximum absolute atomic E-state index is 12.8. The lowest BCUT2D eigenvalue weighted by atomic mass is 10.0. The fraction of sp³-hybridized carbons (Fsp3) is 0.308. The van der Waals surface area contributed by atoms with Crippen molar-refractivity contribution < 1.29 is 18.3 Å². The number of aliphatic hydroxyl groups is 1. The molecular formula is C26H26ClF3N4O2. The summed E-state index contributed by atoms with van der Waals surface area (Å²) in [6.07, 6.45) is 0.746. The van der Waals surface area contributed by atoms with Crippen molar-refractivity contribution in [1.82, 2.24) is 19.2 Å². The quantitative estimate of drug-likeness (QED) is 0.400. The number of aliphatic hydroxyl groups excluding tert-OH is 1. The van der Waals surface area contributed by atoms with E-state index in [1.807, 2.05) is 18.2 Å². The predicted molar refractivity (Wildman–Crippen MR) is 135 cm³/mol. The fourth-order valence-electron chi connectivity index (χ4n) is 4.61. The Morgan fingerprint density at radius 2 is 1.67 bits per heavy atom. The summed E-state index contributed by atoms with van der Waals surface area (Å²) in [7, 11) is 0. The molecule has 1 atom stereocenters. The molecule has 10 heteroatoms. The number of likely N-dealkylation sites (tertiary alicyclic amines) is 1. The van der Waals surface area contributed by atoms with Crippen LogP contribution in [0, 0.1) is 0 Å². The van der Waals surface area contributed by atoms with Crippen LogP contribution in [-0.2, 0) is 12.7 Å². The monoisotopic (exact) mass is 518 g/mol. The van der Waals surface area contributed by atoms with Gasteiger partial charge in [-0.25, -0.2) is 0 Å². The highest BCUT2D eigenvalue weighted by atomic mass is 35.5. The van der Waals surface area contributed by atoms with Crippen LogP contribution < -0.4 is 5.56 Å². The van der Waals surface area contributed by atoms with Gasteiger partial charge in [0.15, 0.2) is 0 Å². The zero-order valence-corrected chi connectivity index (χ0v) is 20.2. The first-order valence-electron chi connectivity index (χ1n) is 11.5. The standard InChI is InChI=1S/C26H25F3N4O2.ClH/c27-26(28,29)21-5-3-18(4-6-21)19-9-12-32(25(35)14-19)22-7-8-24-20(13-22)15-30-33(24)17-23(34)16-31-10-1-2-11-31;/h3-9,12-15,23,34H,1-2,10-11,16-17H2;1H/t23-;/m1./s1. The maximum atomic E-state index is 12.8. The summed E-state index contributed by atoms with van der Waals surface area (Å²) in [5, 5.41) is 15.7. The van der Waals surface area contributed by atoms with Gasteiger partial charge in [0.2, 0.25) is 0 Å². The van der Waals surface area contributed by atoms with Gasteiger partial charge in [0.1, 0.15) is 0 Å². The summed E-state index contributed by atoms with van der Waals surface area (Å²) in [6.45, 7) is 3.06. The van der Waals surface area contributed by atoms with Crippen LogP contribution in [0.25, 0.3) is 27.7 Å². The molecule has 2 aromatic carbocycles. The average molecular weight is 519 g/mol. The number of hydrogen-bond acceptors (Lipinski definition) is 4. The Bertz CT molecular complexity index is 1390. The lowest BCUT2D eigenvalue weighted by Crippen LogP contribution is -2.32. The molecule has 0 aliphatic carbocycles. The lowest BCUT2D eigenvalue weighted by molar-refractivity contribution is -0.137. The molecule has 4 aromatic rings. The van der Waals surface area contributed by atoms with Crippen LogP contribution in [0.4, 0.5) is 13.2 Å². The van der Waals surface area contributed by atoms with Crippen LogP contribution in [0.1, 0.15) is 18.4 Å². The van der Waals surface area contributed by atoms with Crippen LogP contribution in [0.2, 0.25) is 0 Å². The lowest BCUT2D eigenvalue weighted by Gasteiger charge is -2.19. The highest BCUT2D eigenvalue weighted by molar-refractivity contribution is 5.85. The first-order chi connectivity index (χ1) is 16.8. The summed E-state index contributed by atoms with van der Waals surface area (Å²) in [6, 6.07) is 13.4. The summed E-state index contributed by atoms with van der Waals surface area (Å²) >= 11 is 0. The van der Waals surface area contributed by atoms with Crippen LogP contribution in [-0.4, -0.2) is 50.1 Å². The Morgan fingerprint density at radius 1 is 0.944 bits per heavy atom. The van der Waals surface area contributed by atoms with Crippen molar-refractivity contribution in [2.45, 2.75) is 31.7 Å². The Hall–Kier alpha value is -3.14. The Kier molecular flexibility index (Phi) is 7.54. The van der Waals surface area contributed by atoms with E-state index in [0.717, 1.165) is 36.1 Å². The van der Waals surface area contributed by atoms with Gasteiger partial charge in [0, 0.05) is 29.9 Å². The molecule has 3 heterocycles. The van der Waals surface area contributed by atoms with Gasteiger partial charge in [0.25, 0.3) is 5.56 Å². The van der Waals surface area contributed by atoms with E-state index in [4.69, 9.17) is 0 Å². The smallest absolute Gasteiger partial charge is 0.390 e. The molecule has 0 radical (unpaired) electrons. The molecular weight excluding hydrogens is 493 g/mol. The first kappa shape index (κ1) is 25.9. The molecule has 1 fully saturated rings. The molecule has 190 valence electrons. The molecule has 1 saturated heterocycles. The molecule has 1 N–H and O–H groups in total. The van der Waals surface area contributed by atoms with Gasteiger partial charge in [-0.2, -0.15) is 18.3 Å². The number of pyridine rings is 1. The molecule has 1 aliphatic heterocycles. The highest BCUT2D eigenvalue weighted by Gasteiger charge is 2.30. The summed E-state index contributed by atoms with van der Waals surface area (Å²) in [5.74, 6) is 0. The van der Waals surface area contributed by atoms with Crippen molar-refractivity contribution in [3.8, 4) is 16.8 Å². The zero-order valence-electron chi connectivity index (χ0n) is 19.4. The van der Waals surface area contributed by atoms with Crippen molar-refractivity contribution in [2.75, 3.05) is 19.6 Å². The van der Waals surface area contributed by atoms with Crippen LogP contribution in [0.3, 0.4) is 0 Å². The number of aromatic nitrogens is 3. The third-order valence-electron chi connectivity index (χ3n) is 6.42. The minimum atomic E-state index is -4.40.